The van der Waals surface area contributed by atoms with Gasteiger partial charge in [-0.1, -0.05) is 22.0 Å². The molecule has 10 heteroatoms. The molecule has 1 saturated carbocycles. The molecule has 1 aromatic rings. The van der Waals surface area contributed by atoms with Crippen molar-refractivity contribution in [1.29, 1.82) is 0 Å². The van der Waals surface area contributed by atoms with E-state index >= 15 is 0 Å². The van der Waals surface area contributed by atoms with E-state index in [0.29, 0.717) is 4.47 Å². The van der Waals surface area contributed by atoms with Crippen LogP contribution in [0.15, 0.2) is 33.6 Å². The summed E-state index contributed by atoms with van der Waals surface area (Å²) in [6.07, 6.45) is 0.280. The number of hydrogen-bond acceptors (Lipinski definition) is 5. The third-order valence-corrected chi connectivity index (χ3v) is 6.72. The lowest BCUT2D eigenvalue weighted by molar-refractivity contribution is -0.497. The highest BCUT2D eigenvalue weighted by Crippen LogP contribution is 2.35. The van der Waals surface area contributed by atoms with Gasteiger partial charge in [-0.05, 0) is 18.2 Å². The average molecular weight is 418 g/mol. The molecule has 130 valence electrons. The smallest absolute Gasteiger partial charge is 0.243 e. The highest BCUT2D eigenvalue weighted by Gasteiger charge is 2.54. The van der Waals surface area contributed by atoms with Crippen LogP contribution in [0.25, 0.3) is 0 Å². The van der Waals surface area contributed by atoms with E-state index in [1.165, 1.54) is 15.3 Å². The molecule has 2 fully saturated rings. The number of halogens is 1. The molecule has 0 aromatic heterocycles. The van der Waals surface area contributed by atoms with Gasteiger partial charge in [0.15, 0.2) is 0 Å². The number of carbonyl (C=O) groups is 1. The normalized spacial score (nSPS) is 24.6. The van der Waals surface area contributed by atoms with Gasteiger partial charge in [-0.3, -0.25) is 14.9 Å². The van der Waals surface area contributed by atoms with E-state index in [0.717, 1.165) is 0 Å². The molecule has 8 nitrogen and oxygen atoms in total. The van der Waals surface area contributed by atoms with Gasteiger partial charge in [-0.15, -0.1) is 0 Å². The van der Waals surface area contributed by atoms with E-state index < -0.39 is 26.9 Å². The first-order valence-electron chi connectivity index (χ1n) is 7.48. The van der Waals surface area contributed by atoms with Gasteiger partial charge in [0.05, 0.1) is 4.90 Å². The van der Waals surface area contributed by atoms with Crippen LogP contribution < -0.4 is 0 Å². The van der Waals surface area contributed by atoms with Gasteiger partial charge in [0, 0.05) is 42.0 Å². The Hall–Kier alpha value is -1.52. The highest BCUT2D eigenvalue weighted by atomic mass is 79.9. The average Bonchev–Trinajstić information content (AvgIpc) is 3.35. The SMILES string of the molecule is O=C([C@@H]1C[C@@H]1[N+](=O)[O-])N1CCN(S(=O)(=O)c2cccc(Br)c2)CC1. The summed E-state index contributed by atoms with van der Waals surface area (Å²) in [5.74, 6) is -0.788. The van der Waals surface area contributed by atoms with Gasteiger partial charge < -0.3 is 4.90 Å². The number of nitro groups is 1. The number of carbonyl (C=O) groups excluding carboxylic acids is 1. The maximum Gasteiger partial charge on any atom is 0.243 e. The van der Waals surface area contributed by atoms with Crippen molar-refractivity contribution >= 4 is 31.9 Å². The number of amides is 1. The fourth-order valence-corrected chi connectivity index (χ4v) is 4.86. The molecule has 1 aromatic carbocycles. The summed E-state index contributed by atoms with van der Waals surface area (Å²) in [4.78, 5) is 24.2. The molecule has 0 unspecified atom stereocenters. The zero-order valence-electron chi connectivity index (χ0n) is 12.7. The quantitative estimate of drug-likeness (QED) is 0.535. The summed E-state index contributed by atoms with van der Waals surface area (Å²) in [5, 5.41) is 10.7. The van der Waals surface area contributed by atoms with Crippen LogP contribution in [0.3, 0.4) is 0 Å². The molecule has 1 heterocycles. The van der Waals surface area contributed by atoms with Crippen LogP contribution >= 0.6 is 15.9 Å². The van der Waals surface area contributed by atoms with Crippen LogP contribution in [0.2, 0.25) is 0 Å². The number of benzene rings is 1. The zero-order chi connectivity index (χ0) is 17.5. The summed E-state index contributed by atoms with van der Waals surface area (Å²) in [6, 6.07) is 5.70. The standard InChI is InChI=1S/C14H16BrN3O5S/c15-10-2-1-3-11(8-10)24(22,23)17-6-4-16(5-7-17)14(19)12-9-13(12)18(20)21/h1-3,8,12-13H,4-7,9H2/t12-,13+/m1/s1. The number of hydrogen-bond donors (Lipinski definition) is 0. The van der Waals surface area contributed by atoms with Crippen molar-refractivity contribution in [1.82, 2.24) is 9.21 Å². The number of nitrogens with zero attached hydrogens (tertiary/aromatic N) is 3. The summed E-state index contributed by atoms with van der Waals surface area (Å²) in [7, 11) is -3.61. The van der Waals surface area contributed by atoms with E-state index in [1.54, 1.807) is 18.2 Å². The second-order valence-electron chi connectivity index (χ2n) is 5.88. The van der Waals surface area contributed by atoms with E-state index in [4.69, 9.17) is 0 Å². The molecule has 0 N–H and O–H groups in total. The van der Waals surface area contributed by atoms with Crippen molar-refractivity contribution in [2.75, 3.05) is 26.2 Å². The molecule has 0 spiro atoms. The summed E-state index contributed by atoms with van der Waals surface area (Å²) < 4.78 is 27.3. The summed E-state index contributed by atoms with van der Waals surface area (Å²) in [5.41, 5.74) is 0. The van der Waals surface area contributed by atoms with E-state index in [2.05, 4.69) is 15.9 Å². The van der Waals surface area contributed by atoms with Crippen molar-refractivity contribution in [2.24, 2.45) is 5.92 Å². The first kappa shape index (κ1) is 17.3. The van der Waals surface area contributed by atoms with Crippen molar-refractivity contribution in [3.63, 3.8) is 0 Å². The zero-order valence-corrected chi connectivity index (χ0v) is 15.1. The van der Waals surface area contributed by atoms with Crippen molar-refractivity contribution in [2.45, 2.75) is 17.4 Å². The molecular weight excluding hydrogens is 402 g/mol. The second kappa shape index (κ2) is 6.41. The molecule has 1 aliphatic carbocycles. The van der Waals surface area contributed by atoms with E-state index in [9.17, 15) is 23.3 Å². The predicted molar refractivity (Wildman–Crippen MR) is 88.4 cm³/mol. The fraction of sp³-hybridized carbons (Fsp3) is 0.500. The maximum absolute atomic E-state index is 12.6. The van der Waals surface area contributed by atoms with E-state index in [-0.39, 0.29) is 43.4 Å². The Balaban J connectivity index is 1.63. The first-order chi connectivity index (χ1) is 11.3. The summed E-state index contributed by atoms with van der Waals surface area (Å²) >= 11 is 3.26. The van der Waals surface area contributed by atoms with Crippen molar-refractivity contribution in [3.05, 3.63) is 38.9 Å². The lowest BCUT2D eigenvalue weighted by Gasteiger charge is -2.34. The van der Waals surface area contributed by atoms with Crippen LogP contribution in [-0.2, 0) is 14.8 Å². The Morgan fingerprint density at radius 1 is 1.25 bits per heavy atom. The highest BCUT2D eigenvalue weighted by molar-refractivity contribution is 9.10. The van der Waals surface area contributed by atoms with Crippen LogP contribution in [0.4, 0.5) is 0 Å². The van der Waals surface area contributed by atoms with Crippen molar-refractivity contribution in [3.8, 4) is 0 Å². The Labute approximate surface area is 147 Å². The second-order valence-corrected chi connectivity index (χ2v) is 8.74. The molecule has 0 radical (unpaired) electrons. The van der Waals surface area contributed by atoms with Crippen LogP contribution in [-0.4, -0.2) is 60.7 Å². The third kappa shape index (κ3) is 3.31. The lowest BCUT2D eigenvalue weighted by Crippen LogP contribution is -2.51. The van der Waals surface area contributed by atoms with Gasteiger partial charge >= 0.3 is 0 Å². The van der Waals surface area contributed by atoms with Gasteiger partial charge in [0.1, 0.15) is 5.92 Å². The molecule has 1 amide bonds. The Bertz CT molecular complexity index is 776. The van der Waals surface area contributed by atoms with Gasteiger partial charge in [0.2, 0.25) is 22.0 Å². The summed E-state index contributed by atoms with van der Waals surface area (Å²) in [6.45, 7) is 0.896. The molecule has 2 aliphatic rings. The number of rotatable bonds is 4. The molecule has 1 aliphatic heterocycles. The molecule has 1 saturated heterocycles. The number of piperazine rings is 1. The predicted octanol–water partition coefficient (Wildman–Crippen LogP) is 0.947. The molecular formula is C14H16BrN3O5S. The van der Waals surface area contributed by atoms with Crippen LogP contribution in [0.5, 0.6) is 0 Å². The minimum atomic E-state index is -3.61. The third-order valence-electron chi connectivity index (χ3n) is 4.33. The Morgan fingerprint density at radius 3 is 2.46 bits per heavy atom. The first-order valence-corrected chi connectivity index (χ1v) is 9.72. The molecule has 0 bridgehead atoms. The topological polar surface area (TPSA) is 101 Å². The Kier molecular flexibility index (Phi) is 4.63. The Morgan fingerprint density at radius 2 is 1.92 bits per heavy atom. The lowest BCUT2D eigenvalue weighted by atomic mass is 10.3. The minimum Gasteiger partial charge on any atom is -0.340 e. The maximum atomic E-state index is 12.6. The number of sulfonamides is 1. The largest absolute Gasteiger partial charge is 0.340 e. The van der Waals surface area contributed by atoms with Gasteiger partial charge in [0.25, 0.3) is 0 Å². The molecule has 3 rings (SSSR count). The van der Waals surface area contributed by atoms with Crippen molar-refractivity contribution < 1.29 is 18.1 Å². The van der Waals surface area contributed by atoms with Gasteiger partial charge in [-0.25, -0.2) is 8.42 Å². The van der Waals surface area contributed by atoms with Crippen LogP contribution in [0.1, 0.15) is 6.42 Å². The minimum absolute atomic E-state index is 0.191. The van der Waals surface area contributed by atoms with Crippen LogP contribution in [0, 0.1) is 16.0 Å². The molecule has 24 heavy (non-hydrogen) atoms. The van der Waals surface area contributed by atoms with Gasteiger partial charge in [-0.2, -0.15) is 4.31 Å². The molecule has 2 atom stereocenters. The van der Waals surface area contributed by atoms with E-state index in [1.807, 2.05) is 0 Å². The monoisotopic (exact) mass is 417 g/mol. The fourth-order valence-electron chi connectivity index (χ4n) is 2.84.